The molecule has 0 bridgehead atoms. The molecule has 0 radical (unpaired) electrons. The maximum absolute atomic E-state index is 12.9. The van der Waals surface area contributed by atoms with Gasteiger partial charge in [-0.3, -0.25) is 14.6 Å². The van der Waals surface area contributed by atoms with E-state index in [9.17, 15) is 9.59 Å². The quantitative estimate of drug-likeness (QED) is 0.552. The highest BCUT2D eigenvalue weighted by Gasteiger charge is 2.38. The van der Waals surface area contributed by atoms with Crippen LogP contribution in [-0.2, 0) is 15.3 Å². The number of hydrogen-bond donors (Lipinski definition) is 1. The molecule has 1 aliphatic heterocycles. The zero-order valence-corrected chi connectivity index (χ0v) is 19.6. The van der Waals surface area contributed by atoms with Crippen LogP contribution in [0.5, 0.6) is 0 Å². The van der Waals surface area contributed by atoms with Gasteiger partial charge in [-0.15, -0.1) is 11.3 Å². The second-order valence-electron chi connectivity index (χ2n) is 8.71. The van der Waals surface area contributed by atoms with Gasteiger partial charge in [-0.05, 0) is 42.7 Å². The van der Waals surface area contributed by atoms with Crippen LogP contribution < -0.4 is 5.32 Å². The first kappa shape index (κ1) is 21.8. The number of pyridine rings is 1. The van der Waals surface area contributed by atoms with Crippen LogP contribution in [0.25, 0.3) is 10.2 Å². The van der Waals surface area contributed by atoms with Crippen molar-refractivity contribution < 1.29 is 9.59 Å². The number of carbonyl (C=O) groups is 2. The van der Waals surface area contributed by atoms with Gasteiger partial charge in [0.05, 0.1) is 10.2 Å². The van der Waals surface area contributed by atoms with E-state index in [-0.39, 0.29) is 11.8 Å². The van der Waals surface area contributed by atoms with E-state index >= 15 is 0 Å². The van der Waals surface area contributed by atoms with Crippen molar-refractivity contribution in [1.82, 2.24) is 14.9 Å². The van der Waals surface area contributed by atoms with Crippen LogP contribution >= 0.6 is 23.1 Å². The number of hydrogen-bond acceptors (Lipinski definition) is 6. The Morgan fingerprint density at radius 2 is 2.13 bits per heavy atom. The molecule has 1 atom stereocenters. The molecule has 2 aromatic heterocycles. The van der Waals surface area contributed by atoms with Gasteiger partial charge in [-0.25, -0.2) is 4.98 Å². The van der Waals surface area contributed by atoms with Crippen LogP contribution in [0.15, 0.2) is 47.1 Å². The summed E-state index contributed by atoms with van der Waals surface area (Å²) < 4.78 is 2.01. The highest BCUT2D eigenvalue weighted by atomic mass is 32.2. The van der Waals surface area contributed by atoms with E-state index in [1.54, 1.807) is 34.2 Å². The number of nitrogens with zero attached hydrogens (tertiary/aromatic N) is 3. The number of nitrogens with one attached hydrogen (secondary N) is 1. The minimum absolute atomic E-state index is 0.0262. The molecule has 162 valence electrons. The van der Waals surface area contributed by atoms with E-state index in [1.165, 1.54) is 0 Å². The van der Waals surface area contributed by atoms with Crippen molar-refractivity contribution in [3.05, 3.63) is 48.3 Å². The minimum Gasteiger partial charge on any atom is -0.330 e. The van der Waals surface area contributed by atoms with Crippen LogP contribution in [0.3, 0.4) is 0 Å². The third-order valence-corrected chi connectivity index (χ3v) is 7.41. The van der Waals surface area contributed by atoms with Gasteiger partial charge in [0.2, 0.25) is 11.8 Å². The number of thiazole rings is 1. The number of carbonyl (C=O) groups excluding carboxylic acids is 2. The summed E-state index contributed by atoms with van der Waals surface area (Å²) in [7, 11) is 0. The molecule has 8 heteroatoms. The molecule has 0 spiro atoms. The number of fused-ring (bicyclic) bond motifs is 1. The molecule has 6 nitrogen and oxygen atoms in total. The monoisotopic (exact) mass is 454 g/mol. The Labute approximate surface area is 190 Å². The zero-order chi connectivity index (χ0) is 22.0. The molecule has 1 aromatic carbocycles. The van der Waals surface area contributed by atoms with Gasteiger partial charge in [-0.2, -0.15) is 0 Å². The van der Waals surface area contributed by atoms with Gasteiger partial charge >= 0.3 is 0 Å². The van der Waals surface area contributed by atoms with Crippen molar-refractivity contribution in [3.63, 3.8) is 0 Å². The van der Waals surface area contributed by atoms with Crippen LogP contribution in [0.1, 0.15) is 39.2 Å². The lowest BCUT2D eigenvalue weighted by molar-refractivity contribution is -0.143. The predicted octanol–water partition coefficient (Wildman–Crippen LogP) is 4.96. The van der Waals surface area contributed by atoms with Crippen LogP contribution in [0.2, 0.25) is 0 Å². The van der Waals surface area contributed by atoms with E-state index in [0.717, 1.165) is 38.0 Å². The Morgan fingerprint density at radius 3 is 2.87 bits per heavy atom. The topological polar surface area (TPSA) is 75.2 Å². The SMILES string of the molecule is CC(C)(C)C(=O)N1CCCC1C(=O)Nc1ccc2nc(SCc3cccnc3)sc2c1. The number of amides is 2. The lowest BCUT2D eigenvalue weighted by Gasteiger charge is -2.30. The van der Waals surface area contributed by atoms with E-state index in [0.29, 0.717) is 13.0 Å². The van der Waals surface area contributed by atoms with Crippen molar-refractivity contribution >= 4 is 50.8 Å². The van der Waals surface area contributed by atoms with Crippen LogP contribution in [0, 0.1) is 5.41 Å². The first-order chi connectivity index (χ1) is 14.8. The fourth-order valence-electron chi connectivity index (χ4n) is 3.61. The summed E-state index contributed by atoms with van der Waals surface area (Å²) in [6.07, 6.45) is 5.19. The number of anilines is 1. The van der Waals surface area contributed by atoms with Gasteiger partial charge in [0.25, 0.3) is 0 Å². The van der Waals surface area contributed by atoms with E-state index in [1.807, 2.05) is 51.2 Å². The van der Waals surface area contributed by atoms with Gasteiger partial charge in [0.1, 0.15) is 6.04 Å². The van der Waals surface area contributed by atoms with E-state index in [2.05, 4.69) is 21.4 Å². The average molecular weight is 455 g/mol. The lowest BCUT2D eigenvalue weighted by Crippen LogP contribution is -2.47. The predicted molar refractivity (Wildman–Crippen MR) is 126 cm³/mol. The number of thioether (sulfide) groups is 1. The largest absolute Gasteiger partial charge is 0.330 e. The van der Waals surface area contributed by atoms with Crippen molar-refractivity contribution in [3.8, 4) is 0 Å². The number of rotatable bonds is 5. The fourth-order valence-corrected chi connectivity index (χ4v) is 5.65. The van der Waals surface area contributed by atoms with Crippen LogP contribution in [-0.4, -0.2) is 39.3 Å². The first-order valence-corrected chi connectivity index (χ1v) is 12.2. The Bertz CT molecular complexity index is 1090. The molecule has 4 rings (SSSR count). The summed E-state index contributed by atoms with van der Waals surface area (Å²) in [5.74, 6) is 0.722. The van der Waals surface area contributed by atoms with Gasteiger partial charge < -0.3 is 10.2 Å². The van der Waals surface area contributed by atoms with Gasteiger partial charge in [0, 0.05) is 35.8 Å². The smallest absolute Gasteiger partial charge is 0.247 e. The molecule has 2 amide bonds. The molecule has 31 heavy (non-hydrogen) atoms. The lowest BCUT2D eigenvalue weighted by atomic mass is 9.94. The molecule has 1 unspecified atom stereocenters. The van der Waals surface area contributed by atoms with Crippen molar-refractivity contribution in [2.45, 2.75) is 49.7 Å². The summed E-state index contributed by atoms with van der Waals surface area (Å²) in [6, 6.07) is 9.35. The molecular formula is C23H26N4O2S2. The average Bonchev–Trinajstić information content (AvgIpc) is 3.38. The summed E-state index contributed by atoms with van der Waals surface area (Å²) in [5, 5.41) is 3.01. The fraction of sp³-hybridized carbons (Fsp3) is 0.391. The maximum Gasteiger partial charge on any atom is 0.247 e. The van der Waals surface area contributed by atoms with Gasteiger partial charge in [0.15, 0.2) is 4.34 Å². The summed E-state index contributed by atoms with van der Waals surface area (Å²) in [4.78, 5) is 36.2. The Morgan fingerprint density at radius 1 is 1.29 bits per heavy atom. The second-order valence-corrected chi connectivity index (χ2v) is 11.0. The highest BCUT2D eigenvalue weighted by molar-refractivity contribution is 8.00. The van der Waals surface area contributed by atoms with Gasteiger partial charge in [-0.1, -0.05) is 38.6 Å². The molecule has 0 aliphatic carbocycles. The molecule has 3 heterocycles. The Kier molecular flexibility index (Phi) is 6.29. The molecule has 1 saturated heterocycles. The molecule has 1 aliphatic rings. The normalized spacial score (nSPS) is 16.6. The first-order valence-electron chi connectivity index (χ1n) is 10.4. The van der Waals surface area contributed by atoms with E-state index < -0.39 is 11.5 Å². The number of aromatic nitrogens is 2. The molecular weight excluding hydrogens is 428 g/mol. The number of benzene rings is 1. The summed E-state index contributed by atoms with van der Waals surface area (Å²) >= 11 is 3.30. The van der Waals surface area contributed by atoms with Crippen LogP contribution in [0.4, 0.5) is 5.69 Å². The summed E-state index contributed by atoms with van der Waals surface area (Å²) in [6.45, 7) is 6.32. The Balaban J connectivity index is 1.43. The highest BCUT2D eigenvalue weighted by Crippen LogP contribution is 2.33. The van der Waals surface area contributed by atoms with Crippen molar-refractivity contribution in [2.75, 3.05) is 11.9 Å². The van der Waals surface area contributed by atoms with Crippen molar-refractivity contribution in [1.29, 1.82) is 0 Å². The molecule has 0 saturated carbocycles. The summed E-state index contributed by atoms with van der Waals surface area (Å²) in [5.41, 5.74) is 2.32. The third kappa shape index (κ3) is 5.07. The van der Waals surface area contributed by atoms with Crippen molar-refractivity contribution in [2.24, 2.45) is 5.41 Å². The standard InChI is InChI=1S/C23H26N4O2S2/c1-23(2,3)21(29)27-11-5-7-18(27)20(28)25-16-8-9-17-19(12-16)31-22(26-17)30-14-15-6-4-10-24-13-15/h4,6,8-10,12-13,18H,5,7,11,14H2,1-3H3,(H,25,28). The Hall–Kier alpha value is -2.45. The molecule has 3 aromatic rings. The maximum atomic E-state index is 12.9. The van der Waals surface area contributed by atoms with E-state index in [4.69, 9.17) is 0 Å². The number of likely N-dealkylation sites (tertiary alicyclic amines) is 1. The minimum atomic E-state index is -0.492. The second kappa shape index (κ2) is 8.96. The third-order valence-electron chi connectivity index (χ3n) is 5.18. The molecule has 1 fully saturated rings. The molecule has 1 N–H and O–H groups in total. The zero-order valence-electron chi connectivity index (χ0n) is 17.9.